The van der Waals surface area contributed by atoms with Crippen LogP contribution in [-0.4, -0.2) is 80.8 Å². The second kappa shape index (κ2) is 15.0. The summed E-state index contributed by atoms with van der Waals surface area (Å²) in [7, 11) is 0. The van der Waals surface area contributed by atoms with Crippen LogP contribution in [0.1, 0.15) is 85.5 Å². The zero-order valence-corrected chi connectivity index (χ0v) is 26.9. The Morgan fingerprint density at radius 2 is 1.82 bits per heavy atom. The second-order valence-corrected chi connectivity index (χ2v) is 13.4. The lowest BCUT2D eigenvalue weighted by molar-refractivity contribution is -0.151. The number of benzene rings is 1. The van der Waals surface area contributed by atoms with Gasteiger partial charge in [-0.25, -0.2) is 0 Å². The van der Waals surface area contributed by atoms with Crippen molar-refractivity contribution < 1.29 is 44.2 Å². The van der Waals surface area contributed by atoms with E-state index in [2.05, 4.69) is 0 Å². The minimum absolute atomic E-state index is 0.00790. The Kier molecular flexibility index (Phi) is 11.8. The van der Waals surface area contributed by atoms with E-state index >= 15 is 0 Å². The molecule has 3 aliphatic rings. The number of cyclic esters (lactones) is 1. The van der Waals surface area contributed by atoms with E-state index in [0.717, 1.165) is 5.56 Å². The molecule has 1 aromatic carbocycles. The number of rotatable bonds is 10. The summed E-state index contributed by atoms with van der Waals surface area (Å²) in [5, 5.41) is 42.8. The number of hydrogen-bond acceptors (Lipinski definition) is 9. The van der Waals surface area contributed by atoms with E-state index in [0.29, 0.717) is 31.3 Å². The number of carbonyl (C=O) groups is 1. The molecule has 246 valence electrons. The van der Waals surface area contributed by atoms with Crippen LogP contribution in [0.3, 0.4) is 0 Å². The SMILES string of the molecule is CC[C@H](O)[C@@H](C)[C@H]1O[C@@H]1C[C@H](C)C(O)C(O)/C=C(\C)[C@H]1OC(=O)C[C@H](O)CC[C@@]2(C)OC(c3ccccc3)O[C@H]2/C=C/[C@@H]1C. The Labute approximate surface area is 261 Å². The highest BCUT2D eigenvalue weighted by molar-refractivity contribution is 5.70. The van der Waals surface area contributed by atoms with Gasteiger partial charge in [-0.1, -0.05) is 76.3 Å². The Morgan fingerprint density at radius 1 is 1.11 bits per heavy atom. The van der Waals surface area contributed by atoms with Gasteiger partial charge in [-0.05, 0) is 51.0 Å². The molecule has 0 saturated carbocycles. The van der Waals surface area contributed by atoms with E-state index in [1.165, 1.54) is 0 Å². The normalized spacial score (nSPS) is 37.4. The van der Waals surface area contributed by atoms with Crippen molar-refractivity contribution in [2.75, 3.05) is 0 Å². The van der Waals surface area contributed by atoms with Crippen LogP contribution in [0, 0.1) is 17.8 Å². The topological polar surface area (TPSA) is 138 Å². The molecule has 3 unspecified atom stereocenters. The maximum absolute atomic E-state index is 12.9. The van der Waals surface area contributed by atoms with Gasteiger partial charge < -0.3 is 39.4 Å². The van der Waals surface area contributed by atoms with Crippen LogP contribution in [-0.2, 0) is 23.7 Å². The van der Waals surface area contributed by atoms with Crippen LogP contribution in [0.4, 0.5) is 0 Å². The van der Waals surface area contributed by atoms with Crippen molar-refractivity contribution in [3.8, 4) is 0 Å². The average Bonchev–Trinajstić information content (AvgIpc) is 3.68. The first-order chi connectivity index (χ1) is 20.8. The van der Waals surface area contributed by atoms with Crippen molar-refractivity contribution in [2.45, 2.75) is 134 Å². The summed E-state index contributed by atoms with van der Waals surface area (Å²) in [6.07, 6.45) is 1.90. The number of aliphatic hydroxyl groups excluding tert-OH is 4. The molecular formula is C35H52O9. The van der Waals surface area contributed by atoms with Crippen LogP contribution in [0.25, 0.3) is 0 Å². The molecule has 9 heteroatoms. The molecule has 13 atom stereocenters. The maximum Gasteiger partial charge on any atom is 0.309 e. The monoisotopic (exact) mass is 616 g/mol. The van der Waals surface area contributed by atoms with E-state index in [1.54, 1.807) is 13.0 Å². The van der Waals surface area contributed by atoms with Gasteiger partial charge in [0.05, 0.1) is 48.6 Å². The predicted octanol–water partition coefficient (Wildman–Crippen LogP) is 4.38. The molecule has 4 N–H and O–H groups in total. The summed E-state index contributed by atoms with van der Waals surface area (Å²) in [5.74, 6) is -1.10. The van der Waals surface area contributed by atoms with Gasteiger partial charge in [-0.3, -0.25) is 4.79 Å². The Hall–Kier alpha value is -2.11. The first-order valence-electron chi connectivity index (χ1n) is 16.1. The molecule has 3 aliphatic heterocycles. The molecule has 0 bridgehead atoms. The van der Waals surface area contributed by atoms with Crippen LogP contribution in [0.2, 0.25) is 0 Å². The average molecular weight is 617 g/mol. The summed E-state index contributed by atoms with van der Waals surface area (Å²) in [4.78, 5) is 12.9. The van der Waals surface area contributed by atoms with Gasteiger partial charge in [-0.15, -0.1) is 0 Å². The largest absolute Gasteiger partial charge is 0.457 e. The lowest BCUT2D eigenvalue weighted by Gasteiger charge is -2.30. The van der Waals surface area contributed by atoms with Gasteiger partial charge in [0.25, 0.3) is 0 Å². The fraction of sp³-hybridized carbons (Fsp3) is 0.686. The van der Waals surface area contributed by atoms with E-state index in [-0.39, 0.29) is 36.4 Å². The Morgan fingerprint density at radius 3 is 2.50 bits per heavy atom. The Bertz CT molecular complexity index is 1140. The number of carbonyl (C=O) groups excluding carboxylic acids is 1. The van der Waals surface area contributed by atoms with Crippen molar-refractivity contribution in [3.63, 3.8) is 0 Å². The van der Waals surface area contributed by atoms with Crippen molar-refractivity contribution in [3.05, 3.63) is 59.7 Å². The number of hydrogen-bond donors (Lipinski definition) is 4. The van der Waals surface area contributed by atoms with Crippen molar-refractivity contribution in [2.24, 2.45) is 17.8 Å². The zero-order chi connectivity index (χ0) is 32.2. The van der Waals surface area contributed by atoms with Crippen LogP contribution < -0.4 is 0 Å². The van der Waals surface area contributed by atoms with Gasteiger partial charge in [-0.2, -0.15) is 0 Å². The Balaban J connectivity index is 1.46. The maximum atomic E-state index is 12.9. The van der Waals surface area contributed by atoms with Gasteiger partial charge in [0.15, 0.2) is 6.29 Å². The van der Waals surface area contributed by atoms with Crippen LogP contribution in [0.5, 0.6) is 0 Å². The summed E-state index contributed by atoms with van der Waals surface area (Å²) in [5.41, 5.74) is 0.782. The molecule has 0 aromatic heterocycles. The van der Waals surface area contributed by atoms with E-state index < -0.39 is 54.5 Å². The van der Waals surface area contributed by atoms with Crippen LogP contribution in [0.15, 0.2) is 54.1 Å². The number of epoxide rings is 1. The fourth-order valence-corrected chi connectivity index (χ4v) is 6.46. The highest BCUT2D eigenvalue weighted by Crippen LogP contribution is 2.42. The van der Waals surface area contributed by atoms with E-state index in [4.69, 9.17) is 18.9 Å². The third-order valence-corrected chi connectivity index (χ3v) is 9.61. The molecule has 1 aromatic rings. The van der Waals surface area contributed by atoms with Crippen molar-refractivity contribution in [1.82, 2.24) is 0 Å². The number of ether oxygens (including phenoxy) is 4. The van der Waals surface area contributed by atoms with Gasteiger partial charge in [0.1, 0.15) is 12.2 Å². The number of aliphatic hydroxyl groups is 4. The summed E-state index contributed by atoms with van der Waals surface area (Å²) in [6.45, 7) is 11.4. The van der Waals surface area contributed by atoms with Gasteiger partial charge >= 0.3 is 5.97 Å². The van der Waals surface area contributed by atoms with Gasteiger partial charge in [0, 0.05) is 17.4 Å². The first kappa shape index (κ1) is 34.8. The third-order valence-electron chi connectivity index (χ3n) is 9.61. The first-order valence-corrected chi connectivity index (χ1v) is 16.1. The van der Waals surface area contributed by atoms with Gasteiger partial charge in [0.2, 0.25) is 0 Å². The molecule has 3 heterocycles. The quantitative estimate of drug-likeness (QED) is 0.171. The molecule has 0 radical (unpaired) electrons. The molecule has 44 heavy (non-hydrogen) atoms. The minimum Gasteiger partial charge on any atom is -0.457 e. The number of esters is 1. The molecular weight excluding hydrogens is 564 g/mol. The smallest absolute Gasteiger partial charge is 0.309 e. The summed E-state index contributed by atoms with van der Waals surface area (Å²) < 4.78 is 24.4. The molecule has 0 amide bonds. The van der Waals surface area contributed by atoms with E-state index in [9.17, 15) is 25.2 Å². The van der Waals surface area contributed by atoms with Crippen molar-refractivity contribution >= 4 is 5.97 Å². The minimum atomic E-state index is -1.19. The highest BCUT2D eigenvalue weighted by atomic mass is 16.7. The lowest BCUT2D eigenvalue weighted by atomic mass is 9.88. The highest BCUT2D eigenvalue weighted by Gasteiger charge is 2.47. The second-order valence-electron chi connectivity index (χ2n) is 13.4. The molecule has 9 nitrogen and oxygen atoms in total. The van der Waals surface area contributed by atoms with Crippen LogP contribution >= 0.6 is 0 Å². The summed E-state index contributed by atoms with van der Waals surface area (Å²) in [6, 6.07) is 9.70. The summed E-state index contributed by atoms with van der Waals surface area (Å²) >= 11 is 0. The third kappa shape index (κ3) is 8.57. The zero-order valence-electron chi connectivity index (χ0n) is 26.9. The number of fused-ring (bicyclic) bond motifs is 1. The fourth-order valence-electron chi connectivity index (χ4n) is 6.46. The molecule has 2 saturated heterocycles. The lowest BCUT2D eigenvalue weighted by Crippen LogP contribution is -2.38. The van der Waals surface area contributed by atoms with E-state index in [1.807, 2.05) is 77.1 Å². The molecule has 2 fully saturated rings. The molecule has 0 spiro atoms. The predicted molar refractivity (Wildman–Crippen MR) is 165 cm³/mol. The van der Waals surface area contributed by atoms with Crippen molar-refractivity contribution in [1.29, 1.82) is 0 Å². The molecule has 0 aliphatic carbocycles. The standard InChI is InChI=1S/C35H52O9/c1-7-26(37)23(5)33-28(41-33)18-21(3)31(40)27(38)17-22(4)32-20(2)13-14-29-35(6,16-15-25(36)19-30(39)43-32)44-34(42-29)24-11-9-8-10-12-24/h8-14,17,20-21,23,25-29,31-34,36-38,40H,7,15-16,18-19H2,1-6H3/b14-13+,22-17+/t20-,21-,23+,25+,26-,27?,28+,29-,31?,32-,33+,34?,35+/m0/s1. The molecule has 4 rings (SSSR count).